The Morgan fingerprint density at radius 1 is 1.45 bits per heavy atom. The molecule has 0 aliphatic heterocycles. The molecule has 0 saturated heterocycles. The zero-order valence-corrected chi connectivity index (χ0v) is 11.9. The first-order chi connectivity index (χ1) is 9.46. The number of sulfonamides is 1. The molecule has 2 aromatic rings. The molecule has 0 radical (unpaired) electrons. The SMILES string of the molecule is COc1ccc(CO)cc1S(=O)(=O)Nc1cnn(C)c1. The molecule has 7 nitrogen and oxygen atoms in total. The van der Waals surface area contributed by atoms with Crippen molar-refractivity contribution < 1.29 is 18.3 Å². The molecule has 8 heteroatoms. The van der Waals surface area contributed by atoms with Crippen LogP contribution in [0.2, 0.25) is 0 Å². The van der Waals surface area contributed by atoms with Gasteiger partial charge in [0.1, 0.15) is 10.6 Å². The predicted molar refractivity (Wildman–Crippen MR) is 72.9 cm³/mol. The summed E-state index contributed by atoms with van der Waals surface area (Å²) < 4.78 is 33.6. The van der Waals surface area contributed by atoms with Crippen LogP contribution in [0.4, 0.5) is 5.69 Å². The molecule has 0 fully saturated rings. The summed E-state index contributed by atoms with van der Waals surface area (Å²) in [5.41, 5.74) is 0.835. The molecule has 0 unspecified atom stereocenters. The summed E-state index contributed by atoms with van der Waals surface area (Å²) in [4.78, 5) is -0.0320. The Labute approximate surface area is 116 Å². The van der Waals surface area contributed by atoms with Gasteiger partial charge in [0.15, 0.2) is 0 Å². The van der Waals surface area contributed by atoms with Crippen molar-refractivity contribution in [3.8, 4) is 5.75 Å². The Morgan fingerprint density at radius 3 is 2.75 bits per heavy atom. The molecule has 1 aromatic heterocycles. The van der Waals surface area contributed by atoms with E-state index < -0.39 is 10.0 Å². The fourth-order valence-corrected chi connectivity index (χ4v) is 2.96. The first kappa shape index (κ1) is 14.4. The highest BCUT2D eigenvalue weighted by Gasteiger charge is 2.20. The topological polar surface area (TPSA) is 93.4 Å². The van der Waals surface area contributed by atoms with Gasteiger partial charge in [0.25, 0.3) is 10.0 Å². The number of rotatable bonds is 5. The van der Waals surface area contributed by atoms with Gasteiger partial charge in [0.05, 0.1) is 25.6 Å². The monoisotopic (exact) mass is 297 g/mol. The highest BCUT2D eigenvalue weighted by Crippen LogP contribution is 2.26. The van der Waals surface area contributed by atoms with Crippen molar-refractivity contribution in [3.05, 3.63) is 36.2 Å². The van der Waals surface area contributed by atoms with Crippen LogP contribution >= 0.6 is 0 Å². The minimum absolute atomic E-state index is 0.0320. The van der Waals surface area contributed by atoms with E-state index in [1.165, 1.54) is 30.1 Å². The normalized spacial score (nSPS) is 11.3. The van der Waals surface area contributed by atoms with Crippen LogP contribution < -0.4 is 9.46 Å². The average molecular weight is 297 g/mol. The van der Waals surface area contributed by atoms with Gasteiger partial charge in [-0.1, -0.05) is 6.07 Å². The number of ether oxygens (including phenoxy) is 1. The second-order valence-electron chi connectivity index (χ2n) is 4.15. The number of hydrogen-bond acceptors (Lipinski definition) is 5. The number of aliphatic hydroxyl groups excluding tert-OH is 1. The van der Waals surface area contributed by atoms with Crippen LogP contribution in [0.15, 0.2) is 35.5 Å². The maximum absolute atomic E-state index is 12.3. The number of methoxy groups -OCH3 is 1. The van der Waals surface area contributed by atoms with E-state index in [1.54, 1.807) is 19.3 Å². The average Bonchev–Trinajstić information content (AvgIpc) is 2.82. The Kier molecular flexibility index (Phi) is 3.96. The van der Waals surface area contributed by atoms with Gasteiger partial charge in [-0.3, -0.25) is 9.40 Å². The number of benzene rings is 1. The quantitative estimate of drug-likeness (QED) is 0.848. The Morgan fingerprint density at radius 2 is 2.20 bits per heavy atom. The van der Waals surface area contributed by atoms with Gasteiger partial charge >= 0.3 is 0 Å². The smallest absolute Gasteiger partial charge is 0.265 e. The van der Waals surface area contributed by atoms with Gasteiger partial charge in [-0.25, -0.2) is 8.42 Å². The van der Waals surface area contributed by atoms with E-state index in [-0.39, 0.29) is 17.3 Å². The second kappa shape index (κ2) is 5.51. The Balaban J connectivity index is 2.42. The minimum atomic E-state index is -3.81. The van der Waals surface area contributed by atoms with Gasteiger partial charge < -0.3 is 9.84 Å². The van der Waals surface area contributed by atoms with E-state index in [4.69, 9.17) is 9.84 Å². The van der Waals surface area contributed by atoms with Crippen LogP contribution in [0.3, 0.4) is 0 Å². The van der Waals surface area contributed by atoms with Crippen molar-refractivity contribution in [1.29, 1.82) is 0 Å². The molecule has 0 aliphatic carbocycles. The molecule has 0 spiro atoms. The molecule has 108 valence electrons. The lowest BCUT2D eigenvalue weighted by Gasteiger charge is -2.11. The fraction of sp³-hybridized carbons (Fsp3) is 0.250. The molecule has 2 rings (SSSR count). The van der Waals surface area contributed by atoms with Crippen molar-refractivity contribution >= 4 is 15.7 Å². The fourth-order valence-electron chi connectivity index (χ4n) is 1.71. The first-order valence-electron chi connectivity index (χ1n) is 5.75. The summed E-state index contributed by atoms with van der Waals surface area (Å²) in [6.45, 7) is -0.251. The van der Waals surface area contributed by atoms with Crippen LogP contribution in [0.5, 0.6) is 5.75 Å². The third kappa shape index (κ3) is 2.91. The molecule has 20 heavy (non-hydrogen) atoms. The zero-order chi connectivity index (χ0) is 14.8. The minimum Gasteiger partial charge on any atom is -0.495 e. The molecule has 0 bridgehead atoms. The van der Waals surface area contributed by atoms with Crippen molar-refractivity contribution in [2.24, 2.45) is 7.05 Å². The number of nitrogens with zero attached hydrogens (tertiary/aromatic N) is 2. The third-order valence-corrected chi connectivity index (χ3v) is 4.06. The number of aryl methyl sites for hydroxylation is 1. The van der Waals surface area contributed by atoms with E-state index in [9.17, 15) is 8.42 Å². The molecule has 0 saturated carbocycles. The molecule has 1 aromatic carbocycles. The number of aliphatic hydroxyl groups is 1. The first-order valence-corrected chi connectivity index (χ1v) is 7.24. The largest absolute Gasteiger partial charge is 0.495 e. The summed E-state index contributed by atoms with van der Waals surface area (Å²) in [5.74, 6) is 0.207. The van der Waals surface area contributed by atoms with E-state index in [0.29, 0.717) is 11.3 Å². The summed E-state index contributed by atoms with van der Waals surface area (Å²) in [5, 5.41) is 13.0. The molecule has 1 heterocycles. The standard InChI is InChI=1S/C12H15N3O4S/c1-15-7-10(6-13-15)14-20(17,18)12-5-9(8-16)3-4-11(12)19-2/h3-7,14,16H,8H2,1-2H3. The molecular weight excluding hydrogens is 282 g/mol. The van der Waals surface area contributed by atoms with E-state index in [1.807, 2.05) is 0 Å². The number of nitrogens with one attached hydrogen (secondary N) is 1. The number of aromatic nitrogens is 2. The number of hydrogen-bond donors (Lipinski definition) is 2. The molecule has 0 amide bonds. The Hall–Kier alpha value is -2.06. The Bertz CT molecular complexity index is 709. The van der Waals surface area contributed by atoms with Gasteiger partial charge in [0, 0.05) is 13.2 Å². The van der Waals surface area contributed by atoms with E-state index >= 15 is 0 Å². The highest BCUT2D eigenvalue weighted by molar-refractivity contribution is 7.92. The van der Waals surface area contributed by atoms with Crippen LogP contribution in [0.1, 0.15) is 5.56 Å². The van der Waals surface area contributed by atoms with Crippen LogP contribution in [0.25, 0.3) is 0 Å². The lowest BCUT2D eigenvalue weighted by atomic mass is 10.2. The maximum atomic E-state index is 12.3. The molecule has 2 N–H and O–H groups in total. The van der Waals surface area contributed by atoms with Gasteiger partial charge in [-0.2, -0.15) is 5.10 Å². The summed E-state index contributed by atoms with van der Waals surface area (Å²) in [7, 11) is -0.744. The summed E-state index contributed by atoms with van der Waals surface area (Å²) >= 11 is 0. The van der Waals surface area contributed by atoms with Crippen molar-refractivity contribution in [1.82, 2.24) is 9.78 Å². The zero-order valence-electron chi connectivity index (χ0n) is 11.1. The third-order valence-electron chi connectivity index (χ3n) is 2.66. The van der Waals surface area contributed by atoms with Crippen molar-refractivity contribution in [2.75, 3.05) is 11.8 Å². The van der Waals surface area contributed by atoms with E-state index in [0.717, 1.165) is 0 Å². The second-order valence-corrected chi connectivity index (χ2v) is 5.80. The van der Waals surface area contributed by atoms with Crippen LogP contribution in [0, 0.1) is 0 Å². The predicted octanol–water partition coefficient (Wildman–Crippen LogP) is 0.722. The number of anilines is 1. The lowest BCUT2D eigenvalue weighted by Crippen LogP contribution is -2.14. The summed E-state index contributed by atoms with van der Waals surface area (Å²) in [6, 6.07) is 4.48. The van der Waals surface area contributed by atoms with Gasteiger partial charge in [0.2, 0.25) is 0 Å². The van der Waals surface area contributed by atoms with Crippen LogP contribution in [-0.4, -0.2) is 30.4 Å². The lowest BCUT2D eigenvalue weighted by molar-refractivity contribution is 0.281. The van der Waals surface area contributed by atoms with Crippen LogP contribution in [-0.2, 0) is 23.7 Å². The van der Waals surface area contributed by atoms with Crippen molar-refractivity contribution in [2.45, 2.75) is 11.5 Å². The highest BCUT2D eigenvalue weighted by atomic mass is 32.2. The van der Waals surface area contributed by atoms with Crippen molar-refractivity contribution in [3.63, 3.8) is 0 Å². The van der Waals surface area contributed by atoms with E-state index in [2.05, 4.69) is 9.82 Å². The molecule has 0 aliphatic rings. The van der Waals surface area contributed by atoms with Gasteiger partial charge in [-0.05, 0) is 17.7 Å². The summed E-state index contributed by atoms with van der Waals surface area (Å²) in [6.07, 6.45) is 2.94. The molecule has 0 atom stereocenters. The molecular formula is C12H15N3O4S. The van der Waals surface area contributed by atoms with Gasteiger partial charge in [-0.15, -0.1) is 0 Å². The maximum Gasteiger partial charge on any atom is 0.265 e.